The van der Waals surface area contributed by atoms with E-state index in [1.165, 1.54) is 18.4 Å². The fourth-order valence-corrected chi connectivity index (χ4v) is 2.63. The smallest absolute Gasteiger partial charge is 0.310 e. The molecule has 0 saturated carbocycles. The normalized spacial score (nSPS) is 20.6. The van der Waals surface area contributed by atoms with Crippen LogP contribution in [0.1, 0.15) is 50.7 Å². The van der Waals surface area contributed by atoms with Crippen molar-refractivity contribution in [2.75, 3.05) is 13.1 Å². The van der Waals surface area contributed by atoms with Gasteiger partial charge in [0, 0.05) is 6.54 Å². The highest BCUT2D eigenvalue weighted by molar-refractivity contribution is 5.75. The van der Waals surface area contributed by atoms with Crippen molar-refractivity contribution in [3.05, 3.63) is 35.4 Å². The second-order valence-electron chi connectivity index (χ2n) is 6.74. The Kier molecular flexibility index (Phi) is 4.48. The predicted octanol–water partition coefficient (Wildman–Crippen LogP) is 3.50. The van der Waals surface area contributed by atoms with Crippen LogP contribution in [0.25, 0.3) is 0 Å². The van der Waals surface area contributed by atoms with Gasteiger partial charge in [-0.05, 0) is 49.4 Å². The van der Waals surface area contributed by atoms with Crippen molar-refractivity contribution < 1.29 is 9.90 Å². The highest BCUT2D eigenvalue weighted by atomic mass is 16.4. The van der Waals surface area contributed by atoms with Crippen LogP contribution >= 0.6 is 0 Å². The van der Waals surface area contributed by atoms with Crippen molar-refractivity contribution in [1.29, 1.82) is 0 Å². The van der Waals surface area contributed by atoms with Crippen LogP contribution in [0.2, 0.25) is 0 Å². The number of hydrogen-bond donors (Lipinski definition) is 1. The van der Waals surface area contributed by atoms with Crippen LogP contribution in [0, 0.1) is 5.41 Å². The second-order valence-corrected chi connectivity index (χ2v) is 6.74. The first-order chi connectivity index (χ1) is 9.37. The summed E-state index contributed by atoms with van der Waals surface area (Å²) in [5, 5.41) is 9.01. The Labute approximate surface area is 121 Å². The number of rotatable bonds is 4. The first kappa shape index (κ1) is 15.0. The van der Waals surface area contributed by atoms with Gasteiger partial charge >= 0.3 is 5.97 Å². The molecule has 1 heterocycles. The lowest BCUT2D eigenvalue weighted by molar-refractivity contribution is -0.138. The van der Waals surface area contributed by atoms with Gasteiger partial charge in [0.25, 0.3) is 0 Å². The molecule has 3 nitrogen and oxygen atoms in total. The Morgan fingerprint density at radius 2 is 1.80 bits per heavy atom. The van der Waals surface area contributed by atoms with Gasteiger partial charge in [0.1, 0.15) is 0 Å². The number of hydrogen-bond acceptors (Lipinski definition) is 2. The van der Waals surface area contributed by atoms with Gasteiger partial charge in [0.05, 0.1) is 5.92 Å². The summed E-state index contributed by atoms with van der Waals surface area (Å²) >= 11 is 0. The molecule has 3 heteroatoms. The Morgan fingerprint density at radius 3 is 2.30 bits per heavy atom. The van der Waals surface area contributed by atoms with Crippen molar-refractivity contribution >= 4 is 5.97 Å². The van der Waals surface area contributed by atoms with Crippen LogP contribution in [0.4, 0.5) is 0 Å². The number of carboxylic acid groups (broad SMARTS) is 1. The van der Waals surface area contributed by atoms with E-state index in [-0.39, 0.29) is 0 Å². The van der Waals surface area contributed by atoms with Gasteiger partial charge in [0.15, 0.2) is 0 Å². The number of carbonyl (C=O) groups is 1. The van der Waals surface area contributed by atoms with Gasteiger partial charge in [0.2, 0.25) is 0 Å². The third-order valence-corrected chi connectivity index (χ3v) is 4.47. The molecule has 0 bridgehead atoms. The van der Waals surface area contributed by atoms with Crippen molar-refractivity contribution in [2.45, 2.75) is 46.1 Å². The van der Waals surface area contributed by atoms with E-state index in [9.17, 15) is 4.79 Å². The Balaban J connectivity index is 1.93. The Hall–Kier alpha value is -1.35. The lowest BCUT2D eigenvalue weighted by Gasteiger charge is -2.36. The van der Waals surface area contributed by atoms with Crippen LogP contribution in [-0.4, -0.2) is 29.1 Å². The summed E-state index contributed by atoms with van der Waals surface area (Å²) in [5.41, 5.74) is 2.63. The summed E-state index contributed by atoms with van der Waals surface area (Å²) in [6, 6.07) is 8.02. The monoisotopic (exact) mass is 275 g/mol. The largest absolute Gasteiger partial charge is 0.481 e. The Morgan fingerprint density at radius 1 is 1.25 bits per heavy atom. The van der Waals surface area contributed by atoms with Crippen LogP contribution < -0.4 is 0 Å². The topological polar surface area (TPSA) is 40.5 Å². The molecule has 1 unspecified atom stereocenters. The van der Waals surface area contributed by atoms with Gasteiger partial charge in [-0.2, -0.15) is 0 Å². The third kappa shape index (κ3) is 3.83. The van der Waals surface area contributed by atoms with Crippen LogP contribution in [0.3, 0.4) is 0 Å². The molecule has 110 valence electrons. The summed E-state index contributed by atoms with van der Waals surface area (Å²) in [6.07, 6.45) is 2.50. The minimum absolute atomic E-state index is 0.431. The SMILES string of the molecule is CC(C(=O)O)c1ccc(CN2CCC(C)(C)CC2)cc1. The van der Waals surface area contributed by atoms with E-state index in [2.05, 4.69) is 30.9 Å². The number of aliphatic carboxylic acids is 1. The molecule has 0 spiro atoms. The van der Waals surface area contributed by atoms with E-state index in [1.807, 2.05) is 12.1 Å². The average molecular weight is 275 g/mol. The van der Waals surface area contributed by atoms with E-state index in [0.717, 1.165) is 25.2 Å². The molecule has 1 fully saturated rings. The summed E-state index contributed by atoms with van der Waals surface area (Å²) in [6.45, 7) is 9.68. The lowest BCUT2D eigenvalue weighted by atomic mass is 9.82. The minimum Gasteiger partial charge on any atom is -0.481 e. The molecule has 1 saturated heterocycles. The van der Waals surface area contributed by atoms with Crippen molar-refractivity contribution in [3.63, 3.8) is 0 Å². The third-order valence-electron chi connectivity index (χ3n) is 4.47. The van der Waals surface area contributed by atoms with Gasteiger partial charge in [-0.15, -0.1) is 0 Å². The van der Waals surface area contributed by atoms with Gasteiger partial charge in [-0.25, -0.2) is 0 Å². The zero-order valence-corrected chi connectivity index (χ0v) is 12.7. The zero-order chi connectivity index (χ0) is 14.8. The molecule has 20 heavy (non-hydrogen) atoms. The summed E-state index contributed by atoms with van der Waals surface area (Å²) < 4.78 is 0. The predicted molar refractivity (Wildman–Crippen MR) is 80.8 cm³/mol. The van der Waals surface area contributed by atoms with Crippen LogP contribution in [0.5, 0.6) is 0 Å². The maximum Gasteiger partial charge on any atom is 0.310 e. The van der Waals surface area contributed by atoms with Crippen LogP contribution in [0.15, 0.2) is 24.3 Å². The highest BCUT2D eigenvalue weighted by Gasteiger charge is 2.25. The highest BCUT2D eigenvalue weighted by Crippen LogP contribution is 2.30. The van der Waals surface area contributed by atoms with Gasteiger partial charge < -0.3 is 5.11 Å². The molecular formula is C17H25NO2. The molecule has 1 atom stereocenters. The molecule has 1 aromatic carbocycles. The fourth-order valence-electron chi connectivity index (χ4n) is 2.63. The number of nitrogens with zero attached hydrogens (tertiary/aromatic N) is 1. The van der Waals surface area contributed by atoms with Crippen molar-refractivity contribution in [2.24, 2.45) is 5.41 Å². The standard InChI is InChI=1S/C17H25NO2/c1-13(16(19)20)15-6-4-14(5-7-15)12-18-10-8-17(2,3)9-11-18/h4-7,13H,8-12H2,1-3H3,(H,19,20). The molecule has 0 aliphatic carbocycles. The average Bonchev–Trinajstić information content (AvgIpc) is 2.41. The molecule has 0 aromatic heterocycles. The number of piperidine rings is 1. The molecule has 1 aliphatic rings. The quantitative estimate of drug-likeness (QED) is 0.914. The van der Waals surface area contributed by atoms with Crippen molar-refractivity contribution in [3.8, 4) is 0 Å². The minimum atomic E-state index is -0.768. The number of likely N-dealkylation sites (tertiary alicyclic amines) is 1. The summed E-state index contributed by atoms with van der Waals surface area (Å²) in [5.74, 6) is -1.20. The summed E-state index contributed by atoms with van der Waals surface area (Å²) in [7, 11) is 0. The molecule has 0 radical (unpaired) electrons. The van der Waals surface area contributed by atoms with Gasteiger partial charge in [-0.1, -0.05) is 38.1 Å². The first-order valence-electron chi connectivity index (χ1n) is 7.41. The molecule has 1 N–H and O–H groups in total. The van der Waals surface area contributed by atoms with E-state index >= 15 is 0 Å². The first-order valence-corrected chi connectivity index (χ1v) is 7.41. The molecular weight excluding hydrogens is 250 g/mol. The zero-order valence-electron chi connectivity index (χ0n) is 12.7. The fraction of sp³-hybridized carbons (Fsp3) is 0.588. The van der Waals surface area contributed by atoms with Crippen LogP contribution in [-0.2, 0) is 11.3 Å². The molecule has 1 aliphatic heterocycles. The molecule has 0 amide bonds. The maximum atomic E-state index is 11.0. The maximum absolute atomic E-state index is 11.0. The van der Waals surface area contributed by atoms with E-state index in [0.29, 0.717) is 5.41 Å². The number of carboxylic acids is 1. The lowest BCUT2D eigenvalue weighted by Crippen LogP contribution is -2.36. The van der Waals surface area contributed by atoms with Gasteiger partial charge in [-0.3, -0.25) is 9.69 Å². The molecule has 1 aromatic rings. The summed E-state index contributed by atoms with van der Waals surface area (Å²) in [4.78, 5) is 13.4. The van der Waals surface area contributed by atoms with E-state index in [4.69, 9.17) is 5.11 Å². The second kappa shape index (κ2) is 5.96. The number of benzene rings is 1. The van der Waals surface area contributed by atoms with E-state index < -0.39 is 11.9 Å². The van der Waals surface area contributed by atoms with E-state index in [1.54, 1.807) is 6.92 Å². The molecule has 2 rings (SSSR count). The Bertz CT molecular complexity index is 454. The van der Waals surface area contributed by atoms with Crippen molar-refractivity contribution in [1.82, 2.24) is 4.90 Å².